The van der Waals surface area contributed by atoms with Gasteiger partial charge in [0.25, 0.3) is 0 Å². The second-order valence-corrected chi connectivity index (χ2v) is 5.00. The molecule has 3 nitrogen and oxygen atoms in total. The average Bonchev–Trinajstić information content (AvgIpc) is 2.81. The molecule has 0 aromatic carbocycles. The highest BCUT2D eigenvalue weighted by Crippen LogP contribution is 2.28. The number of aromatic nitrogens is 2. The normalized spacial score (nSPS) is 18.1. The fraction of sp³-hybridized carbons (Fsp3) is 0.615. The van der Waals surface area contributed by atoms with Crippen molar-refractivity contribution in [3.63, 3.8) is 0 Å². The molecule has 0 aliphatic carbocycles. The smallest absolute Gasteiger partial charge is 0.0580 e. The summed E-state index contributed by atoms with van der Waals surface area (Å²) in [4.78, 5) is 2.38. The molecule has 0 radical (unpaired) electrons. The summed E-state index contributed by atoms with van der Waals surface area (Å²) in [6.45, 7) is 11.1. The van der Waals surface area contributed by atoms with Gasteiger partial charge in [-0.05, 0) is 24.7 Å². The maximum Gasteiger partial charge on any atom is 0.0580 e. The summed E-state index contributed by atoms with van der Waals surface area (Å²) in [5, 5.41) is 6.81. The van der Waals surface area contributed by atoms with E-state index in [-0.39, 0.29) is 0 Å². The van der Waals surface area contributed by atoms with Gasteiger partial charge >= 0.3 is 0 Å². The Morgan fingerprint density at radius 2 is 2.19 bits per heavy atom. The highest BCUT2D eigenvalue weighted by molar-refractivity contribution is 5.60. The molecule has 1 aliphatic heterocycles. The van der Waals surface area contributed by atoms with Crippen LogP contribution in [0.4, 0.5) is 0 Å². The van der Waals surface area contributed by atoms with Gasteiger partial charge in [0.05, 0.1) is 6.20 Å². The van der Waals surface area contributed by atoms with Crippen molar-refractivity contribution in [2.24, 2.45) is 11.8 Å². The molecule has 0 saturated carbocycles. The summed E-state index contributed by atoms with van der Waals surface area (Å²) in [7, 11) is 0. The van der Waals surface area contributed by atoms with Crippen LogP contribution < -0.4 is 0 Å². The molecule has 1 aromatic heterocycles. The molecule has 1 saturated heterocycles. The van der Waals surface area contributed by atoms with E-state index in [1.54, 1.807) is 0 Å². The fourth-order valence-electron chi connectivity index (χ4n) is 2.43. The van der Waals surface area contributed by atoms with E-state index in [9.17, 15) is 0 Å². The van der Waals surface area contributed by atoms with Crippen molar-refractivity contribution < 1.29 is 0 Å². The van der Waals surface area contributed by atoms with Gasteiger partial charge in [-0.1, -0.05) is 20.4 Å². The van der Waals surface area contributed by atoms with Gasteiger partial charge in [-0.15, -0.1) is 0 Å². The van der Waals surface area contributed by atoms with Crippen molar-refractivity contribution in [3.05, 3.63) is 24.5 Å². The molecule has 1 N–H and O–H groups in total. The van der Waals surface area contributed by atoms with Crippen LogP contribution in [-0.2, 0) is 0 Å². The van der Waals surface area contributed by atoms with Gasteiger partial charge in [0.15, 0.2) is 0 Å². The van der Waals surface area contributed by atoms with E-state index in [4.69, 9.17) is 0 Å². The molecule has 1 fully saturated rings. The van der Waals surface area contributed by atoms with E-state index in [2.05, 4.69) is 35.5 Å². The lowest BCUT2D eigenvalue weighted by Gasteiger charge is -2.36. The molecule has 16 heavy (non-hydrogen) atoms. The summed E-state index contributed by atoms with van der Waals surface area (Å²) in [6.07, 6.45) is 6.33. The molecule has 0 bridgehead atoms. The summed E-state index contributed by atoms with van der Waals surface area (Å²) in [6, 6.07) is 0. The van der Waals surface area contributed by atoms with E-state index in [1.165, 1.54) is 12.8 Å². The minimum absolute atomic E-state index is 0.810. The third-order valence-corrected chi connectivity index (χ3v) is 3.70. The average molecular weight is 219 g/mol. The Kier molecular flexibility index (Phi) is 3.32. The number of likely N-dealkylation sites (tertiary alicyclic amines) is 1. The molecule has 0 unspecified atom stereocenters. The van der Waals surface area contributed by atoms with Crippen molar-refractivity contribution in [3.8, 4) is 0 Å². The molecule has 0 amide bonds. The van der Waals surface area contributed by atoms with Crippen LogP contribution in [0, 0.1) is 11.8 Å². The molecule has 2 heterocycles. The van der Waals surface area contributed by atoms with E-state index >= 15 is 0 Å². The molecule has 1 aromatic rings. The predicted octanol–water partition coefficient (Wildman–Crippen LogP) is 2.75. The quantitative estimate of drug-likeness (QED) is 0.847. The van der Waals surface area contributed by atoms with Crippen LogP contribution >= 0.6 is 0 Å². The number of nitrogens with one attached hydrogen (secondary N) is 1. The maximum absolute atomic E-state index is 4.16. The Balaban J connectivity index is 1.92. The largest absolute Gasteiger partial charge is 0.371 e. The van der Waals surface area contributed by atoms with Gasteiger partial charge in [0.1, 0.15) is 0 Å². The van der Waals surface area contributed by atoms with Crippen LogP contribution in [0.25, 0.3) is 5.70 Å². The number of hydrogen-bond acceptors (Lipinski definition) is 2. The lowest BCUT2D eigenvalue weighted by molar-refractivity contribution is 0.212. The third-order valence-electron chi connectivity index (χ3n) is 3.70. The van der Waals surface area contributed by atoms with Gasteiger partial charge in [-0.25, -0.2) is 0 Å². The molecule has 0 spiro atoms. The van der Waals surface area contributed by atoms with Crippen LogP contribution in [0.1, 0.15) is 32.3 Å². The van der Waals surface area contributed by atoms with Crippen molar-refractivity contribution in [2.45, 2.75) is 26.7 Å². The van der Waals surface area contributed by atoms with Gasteiger partial charge in [-0.2, -0.15) is 5.10 Å². The Morgan fingerprint density at radius 3 is 2.69 bits per heavy atom. The minimum atomic E-state index is 0.810. The standard InChI is InChI=1S/C13H21N3/c1-10(2)12-4-6-16(7-5-12)11(3)13-8-14-15-9-13/h8-10,12H,3-7H2,1-2H3,(H,14,15). The van der Waals surface area contributed by atoms with Crippen LogP contribution in [0.2, 0.25) is 0 Å². The molecule has 0 atom stereocenters. The third kappa shape index (κ3) is 2.29. The summed E-state index contributed by atoms with van der Waals surface area (Å²) in [5.74, 6) is 1.69. The van der Waals surface area contributed by atoms with Gasteiger partial charge in [0.2, 0.25) is 0 Å². The maximum atomic E-state index is 4.16. The van der Waals surface area contributed by atoms with Crippen LogP contribution in [0.5, 0.6) is 0 Å². The Bertz CT molecular complexity index is 332. The molecule has 3 heteroatoms. The fourth-order valence-corrected chi connectivity index (χ4v) is 2.43. The lowest BCUT2D eigenvalue weighted by Crippen LogP contribution is -2.33. The zero-order valence-corrected chi connectivity index (χ0v) is 10.2. The molecule has 2 rings (SSSR count). The summed E-state index contributed by atoms with van der Waals surface area (Å²) >= 11 is 0. The molecule has 88 valence electrons. The van der Waals surface area contributed by atoms with Crippen LogP contribution in [-0.4, -0.2) is 28.2 Å². The second kappa shape index (κ2) is 4.73. The van der Waals surface area contributed by atoms with E-state index in [0.29, 0.717) is 0 Å². The summed E-state index contributed by atoms with van der Waals surface area (Å²) in [5.41, 5.74) is 2.22. The highest BCUT2D eigenvalue weighted by atomic mass is 15.2. The van der Waals surface area contributed by atoms with Crippen molar-refractivity contribution in [1.29, 1.82) is 0 Å². The van der Waals surface area contributed by atoms with Crippen molar-refractivity contribution in [1.82, 2.24) is 15.1 Å². The molecular weight excluding hydrogens is 198 g/mol. The van der Waals surface area contributed by atoms with Gasteiger partial charge in [0, 0.05) is 30.5 Å². The van der Waals surface area contributed by atoms with Crippen molar-refractivity contribution >= 4 is 5.70 Å². The van der Waals surface area contributed by atoms with Gasteiger partial charge in [-0.3, -0.25) is 5.10 Å². The first-order valence-electron chi connectivity index (χ1n) is 6.11. The monoisotopic (exact) mass is 219 g/mol. The first-order chi connectivity index (χ1) is 7.68. The zero-order valence-electron chi connectivity index (χ0n) is 10.2. The number of piperidine rings is 1. The lowest BCUT2D eigenvalue weighted by atomic mass is 9.86. The molecular formula is C13H21N3. The Labute approximate surface area is 97.5 Å². The first kappa shape index (κ1) is 11.2. The van der Waals surface area contributed by atoms with Crippen molar-refractivity contribution in [2.75, 3.05) is 13.1 Å². The first-order valence-corrected chi connectivity index (χ1v) is 6.11. The topological polar surface area (TPSA) is 31.9 Å². The van der Waals surface area contributed by atoms with Gasteiger partial charge < -0.3 is 4.90 Å². The number of hydrogen-bond donors (Lipinski definition) is 1. The minimum Gasteiger partial charge on any atom is -0.371 e. The molecule has 1 aliphatic rings. The van der Waals surface area contributed by atoms with E-state index in [1.807, 2.05) is 12.4 Å². The Morgan fingerprint density at radius 1 is 1.50 bits per heavy atom. The second-order valence-electron chi connectivity index (χ2n) is 5.00. The number of rotatable bonds is 3. The highest BCUT2D eigenvalue weighted by Gasteiger charge is 2.22. The van der Waals surface area contributed by atoms with Crippen LogP contribution in [0.15, 0.2) is 19.0 Å². The number of H-pyrrole nitrogens is 1. The zero-order chi connectivity index (χ0) is 11.5. The number of aromatic amines is 1. The summed E-state index contributed by atoms with van der Waals surface area (Å²) < 4.78 is 0. The SMILES string of the molecule is C=C(c1cn[nH]c1)N1CCC(C(C)C)CC1. The Hall–Kier alpha value is -1.25. The predicted molar refractivity (Wildman–Crippen MR) is 66.8 cm³/mol. The van der Waals surface area contributed by atoms with E-state index in [0.717, 1.165) is 36.2 Å². The van der Waals surface area contributed by atoms with E-state index < -0.39 is 0 Å². The van der Waals surface area contributed by atoms with Crippen LogP contribution in [0.3, 0.4) is 0 Å². The number of nitrogens with zero attached hydrogens (tertiary/aromatic N) is 2.